The van der Waals surface area contributed by atoms with Crippen LogP contribution in [0.1, 0.15) is 40.0 Å². The third-order valence-electron chi connectivity index (χ3n) is 3.37. The maximum atomic E-state index is 12.8. The van der Waals surface area contributed by atoms with Crippen molar-refractivity contribution in [2.45, 2.75) is 45.6 Å². The van der Waals surface area contributed by atoms with E-state index in [1.807, 2.05) is 0 Å². The number of carbonyl (C=O) groups excluding carboxylic acids is 3. The predicted molar refractivity (Wildman–Crippen MR) is 91.6 cm³/mol. The van der Waals surface area contributed by atoms with E-state index < -0.39 is 36.8 Å². The molecule has 0 rings (SSSR count). The lowest BCUT2D eigenvalue weighted by Gasteiger charge is -2.23. The minimum atomic E-state index is -3.26. The summed E-state index contributed by atoms with van der Waals surface area (Å²) in [6.07, 6.45) is -0.140. The highest BCUT2D eigenvalue weighted by atomic mass is 31.2. The van der Waals surface area contributed by atoms with Gasteiger partial charge in [0.15, 0.2) is 0 Å². The minimum Gasteiger partial charge on any atom is -0.469 e. The van der Waals surface area contributed by atoms with E-state index in [2.05, 4.69) is 4.74 Å². The Morgan fingerprint density at radius 1 is 0.960 bits per heavy atom. The first-order chi connectivity index (χ1) is 11.5. The molecule has 146 valence electrons. The number of carbonyl (C=O) groups is 3. The lowest BCUT2D eigenvalue weighted by atomic mass is 10.1. The molecule has 0 N–H and O–H groups in total. The van der Waals surface area contributed by atoms with Crippen LogP contribution in [0.2, 0.25) is 0 Å². The van der Waals surface area contributed by atoms with E-state index in [-0.39, 0.29) is 31.6 Å². The van der Waals surface area contributed by atoms with Crippen LogP contribution in [0.15, 0.2) is 0 Å². The molecule has 2 atom stereocenters. The zero-order valence-electron chi connectivity index (χ0n) is 15.8. The molecule has 2 unspecified atom stereocenters. The molecule has 0 aliphatic rings. The van der Waals surface area contributed by atoms with Gasteiger partial charge in [-0.05, 0) is 27.2 Å². The summed E-state index contributed by atoms with van der Waals surface area (Å²) in [5.74, 6) is -2.34. The van der Waals surface area contributed by atoms with Crippen molar-refractivity contribution in [3.05, 3.63) is 0 Å². The lowest BCUT2D eigenvalue weighted by molar-refractivity contribution is -0.154. The summed E-state index contributed by atoms with van der Waals surface area (Å²) in [5, 5.41) is 0. The summed E-state index contributed by atoms with van der Waals surface area (Å²) in [5.41, 5.74) is -0.636. The van der Waals surface area contributed by atoms with Crippen LogP contribution in [0.5, 0.6) is 0 Å². The van der Waals surface area contributed by atoms with E-state index in [4.69, 9.17) is 14.0 Å². The van der Waals surface area contributed by atoms with Gasteiger partial charge in [0.1, 0.15) is 5.60 Å². The van der Waals surface area contributed by atoms with E-state index in [1.54, 1.807) is 20.8 Å². The van der Waals surface area contributed by atoms with Gasteiger partial charge in [-0.15, -0.1) is 0 Å². The molecule has 0 fully saturated rings. The van der Waals surface area contributed by atoms with Crippen molar-refractivity contribution in [1.82, 2.24) is 0 Å². The fourth-order valence-corrected chi connectivity index (χ4v) is 4.13. The molecule has 0 saturated carbocycles. The molecule has 9 heteroatoms. The molecule has 25 heavy (non-hydrogen) atoms. The van der Waals surface area contributed by atoms with E-state index >= 15 is 0 Å². The van der Waals surface area contributed by atoms with Crippen LogP contribution in [0, 0.1) is 5.92 Å². The second kappa shape index (κ2) is 10.6. The maximum Gasteiger partial charge on any atom is 0.309 e. The Morgan fingerprint density at radius 2 is 1.56 bits per heavy atom. The first kappa shape index (κ1) is 23.6. The normalized spacial score (nSPS) is 15.0. The number of methoxy groups -OCH3 is 2. The average Bonchev–Trinajstić information content (AvgIpc) is 2.54. The fourth-order valence-electron chi connectivity index (χ4n) is 2.09. The number of hydrogen-bond acceptors (Lipinski definition) is 8. The predicted octanol–water partition coefficient (Wildman–Crippen LogP) is 2.39. The third kappa shape index (κ3) is 10.2. The van der Waals surface area contributed by atoms with Gasteiger partial charge in [-0.2, -0.15) is 0 Å². The number of rotatable bonds is 10. The van der Waals surface area contributed by atoms with Crippen molar-refractivity contribution in [1.29, 1.82) is 0 Å². The third-order valence-corrected chi connectivity index (χ3v) is 5.93. The van der Waals surface area contributed by atoms with Crippen molar-refractivity contribution in [3.8, 4) is 0 Å². The Bertz CT molecular complexity index is 509. The van der Waals surface area contributed by atoms with E-state index in [9.17, 15) is 18.9 Å². The van der Waals surface area contributed by atoms with Crippen molar-refractivity contribution in [2.24, 2.45) is 5.92 Å². The number of ether oxygens (including phenoxy) is 3. The van der Waals surface area contributed by atoms with E-state index in [0.717, 1.165) is 0 Å². The van der Waals surface area contributed by atoms with Gasteiger partial charge < -0.3 is 18.7 Å². The Labute approximate surface area is 149 Å². The fraction of sp³-hybridized carbons (Fsp3) is 0.812. The molecular weight excluding hydrogens is 351 g/mol. The Kier molecular flexibility index (Phi) is 9.97. The lowest BCUT2D eigenvalue weighted by Crippen LogP contribution is -2.25. The minimum absolute atomic E-state index is 0.00789. The molecule has 0 spiro atoms. The van der Waals surface area contributed by atoms with Crippen LogP contribution in [-0.2, 0) is 37.7 Å². The number of esters is 3. The monoisotopic (exact) mass is 380 g/mol. The molecule has 0 aliphatic carbocycles. The Morgan fingerprint density at radius 3 is 2.00 bits per heavy atom. The summed E-state index contributed by atoms with van der Waals surface area (Å²) < 4.78 is 32.4. The molecule has 0 amide bonds. The average molecular weight is 380 g/mol. The molecule has 0 saturated heterocycles. The molecule has 0 radical (unpaired) electrons. The van der Waals surface area contributed by atoms with Crippen LogP contribution in [0.4, 0.5) is 0 Å². The zero-order valence-corrected chi connectivity index (χ0v) is 16.7. The molecule has 0 aromatic rings. The van der Waals surface area contributed by atoms with Gasteiger partial charge in [0.25, 0.3) is 0 Å². The second-order valence-electron chi connectivity index (χ2n) is 6.57. The van der Waals surface area contributed by atoms with Crippen LogP contribution in [0.3, 0.4) is 0 Å². The van der Waals surface area contributed by atoms with Gasteiger partial charge in [0.05, 0.1) is 26.6 Å². The van der Waals surface area contributed by atoms with Crippen molar-refractivity contribution in [2.75, 3.05) is 33.7 Å². The quantitative estimate of drug-likeness (QED) is 0.323. The molecule has 0 aromatic carbocycles. The van der Waals surface area contributed by atoms with E-state index in [0.29, 0.717) is 0 Å². The first-order valence-electron chi connectivity index (χ1n) is 7.96. The summed E-state index contributed by atoms with van der Waals surface area (Å²) in [6, 6.07) is 0. The highest BCUT2D eigenvalue weighted by Crippen LogP contribution is 2.49. The highest BCUT2D eigenvalue weighted by molar-refractivity contribution is 7.59. The van der Waals surface area contributed by atoms with Crippen LogP contribution < -0.4 is 0 Å². The second-order valence-corrected chi connectivity index (χ2v) is 9.38. The Hall–Kier alpha value is -1.40. The summed E-state index contributed by atoms with van der Waals surface area (Å²) in [6.45, 7) is 5.21. The van der Waals surface area contributed by atoms with Gasteiger partial charge in [-0.25, -0.2) is 0 Å². The summed E-state index contributed by atoms with van der Waals surface area (Å²) in [7, 11) is 0.464. The van der Waals surface area contributed by atoms with Gasteiger partial charge in [-0.1, -0.05) is 0 Å². The van der Waals surface area contributed by atoms with Gasteiger partial charge >= 0.3 is 17.9 Å². The van der Waals surface area contributed by atoms with Crippen molar-refractivity contribution >= 4 is 25.3 Å². The van der Waals surface area contributed by atoms with Crippen LogP contribution in [-0.4, -0.2) is 57.2 Å². The van der Waals surface area contributed by atoms with Gasteiger partial charge in [0.2, 0.25) is 7.37 Å². The molecule has 0 aromatic heterocycles. The van der Waals surface area contributed by atoms with E-state index in [1.165, 1.54) is 21.3 Å². The maximum absolute atomic E-state index is 12.8. The first-order valence-corrected chi connectivity index (χ1v) is 9.96. The molecule has 0 aliphatic heterocycles. The molecule has 0 bridgehead atoms. The smallest absolute Gasteiger partial charge is 0.309 e. The van der Waals surface area contributed by atoms with Crippen LogP contribution >= 0.6 is 7.37 Å². The summed E-state index contributed by atoms with van der Waals surface area (Å²) in [4.78, 5) is 35.0. The standard InChI is InChI=1S/C16H29O8P/c1-16(2,3)24-14(18)9-10-25(20,23-6)11-12(15(19)22-5)7-8-13(17)21-4/h12H,7-11H2,1-6H3. The summed E-state index contributed by atoms with van der Waals surface area (Å²) >= 11 is 0. The zero-order chi connectivity index (χ0) is 19.7. The highest BCUT2D eigenvalue weighted by Gasteiger charge is 2.33. The topological polar surface area (TPSA) is 105 Å². The van der Waals surface area contributed by atoms with Crippen LogP contribution in [0.25, 0.3) is 0 Å². The van der Waals surface area contributed by atoms with Gasteiger partial charge in [0, 0.05) is 25.9 Å². The Balaban J connectivity index is 4.88. The number of hydrogen-bond donors (Lipinski definition) is 0. The molecular formula is C16H29O8P. The van der Waals surface area contributed by atoms with Crippen molar-refractivity contribution in [3.63, 3.8) is 0 Å². The van der Waals surface area contributed by atoms with Gasteiger partial charge in [-0.3, -0.25) is 18.9 Å². The molecule has 8 nitrogen and oxygen atoms in total. The largest absolute Gasteiger partial charge is 0.469 e. The molecule has 0 heterocycles. The van der Waals surface area contributed by atoms with Crippen molar-refractivity contribution < 1.29 is 37.7 Å². The SMILES string of the molecule is COC(=O)CCC(CP(=O)(CCC(=O)OC(C)(C)C)OC)C(=O)OC.